The Morgan fingerprint density at radius 3 is 2.50 bits per heavy atom. The molecule has 3 rings (SSSR count). The van der Waals surface area contributed by atoms with Crippen molar-refractivity contribution in [1.82, 2.24) is 10.6 Å². The van der Waals surface area contributed by atoms with Crippen molar-refractivity contribution in [2.24, 2.45) is 10.4 Å². The lowest BCUT2D eigenvalue weighted by molar-refractivity contribution is -0.168. The summed E-state index contributed by atoms with van der Waals surface area (Å²) in [5.74, 6) is 1.03. The van der Waals surface area contributed by atoms with Gasteiger partial charge in [0, 0.05) is 30.7 Å². The van der Waals surface area contributed by atoms with E-state index in [2.05, 4.69) is 29.5 Å². The summed E-state index contributed by atoms with van der Waals surface area (Å²) in [6.07, 6.45) is 9.56. The molecular weight excluding hydrogens is 250 g/mol. The number of nitrogens with one attached hydrogen (secondary N) is 2. The standard InChI is InChI=1S/C16H29N3O/c1-3-17-15(18-12-7-5-8-12)19-13-11-14(20-4-2)16(13)9-6-10-16/h12-14H,3-11H2,1-2H3,(H2,17,18,19). The molecule has 0 aromatic carbocycles. The number of hydrogen-bond acceptors (Lipinski definition) is 2. The highest BCUT2D eigenvalue weighted by Crippen LogP contribution is 2.57. The molecule has 0 aromatic rings. The number of aliphatic imine (C=N–C) groups is 1. The molecule has 0 radical (unpaired) electrons. The molecule has 0 saturated heterocycles. The molecule has 3 fully saturated rings. The van der Waals surface area contributed by atoms with Gasteiger partial charge < -0.3 is 15.4 Å². The van der Waals surface area contributed by atoms with Crippen molar-refractivity contribution in [3.8, 4) is 0 Å². The Balaban J connectivity index is 1.57. The average molecular weight is 279 g/mol. The summed E-state index contributed by atoms with van der Waals surface area (Å²) in [5.41, 5.74) is 0.409. The van der Waals surface area contributed by atoms with Crippen LogP contribution in [0.3, 0.4) is 0 Å². The van der Waals surface area contributed by atoms with Crippen molar-refractivity contribution < 1.29 is 4.74 Å². The Kier molecular flexibility index (Phi) is 4.20. The largest absolute Gasteiger partial charge is 0.378 e. The van der Waals surface area contributed by atoms with Gasteiger partial charge in [0.1, 0.15) is 0 Å². The summed E-state index contributed by atoms with van der Waals surface area (Å²) in [4.78, 5) is 4.62. The molecule has 0 heterocycles. The lowest BCUT2D eigenvalue weighted by atomic mass is 9.51. The second-order valence-electron chi connectivity index (χ2n) is 6.56. The van der Waals surface area contributed by atoms with E-state index in [1.165, 1.54) is 38.5 Å². The van der Waals surface area contributed by atoms with Gasteiger partial charge in [-0.25, -0.2) is 0 Å². The van der Waals surface area contributed by atoms with Crippen LogP contribution in [0.5, 0.6) is 0 Å². The maximum Gasteiger partial charge on any atom is 0.191 e. The molecule has 0 aromatic heterocycles. The minimum Gasteiger partial charge on any atom is -0.378 e. The zero-order chi connectivity index (χ0) is 14.0. The zero-order valence-corrected chi connectivity index (χ0v) is 13.0. The molecule has 4 heteroatoms. The first kappa shape index (κ1) is 14.2. The van der Waals surface area contributed by atoms with Crippen LogP contribution in [0, 0.1) is 5.41 Å². The lowest BCUT2D eigenvalue weighted by Crippen LogP contribution is -2.69. The summed E-state index contributed by atoms with van der Waals surface area (Å²) >= 11 is 0. The predicted molar refractivity (Wildman–Crippen MR) is 82.0 cm³/mol. The number of hydrogen-bond donors (Lipinski definition) is 2. The van der Waals surface area contributed by atoms with Crippen molar-refractivity contribution in [2.45, 2.75) is 77.0 Å². The Morgan fingerprint density at radius 1 is 1.20 bits per heavy atom. The molecule has 0 amide bonds. The van der Waals surface area contributed by atoms with Crippen molar-refractivity contribution in [2.75, 3.05) is 13.2 Å². The number of guanidine groups is 1. The smallest absolute Gasteiger partial charge is 0.191 e. The van der Waals surface area contributed by atoms with Crippen LogP contribution in [0.2, 0.25) is 0 Å². The molecule has 2 N–H and O–H groups in total. The Morgan fingerprint density at radius 2 is 2.00 bits per heavy atom. The van der Waals surface area contributed by atoms with E-state index in [9.17, 15) is 0 Å². The van der Waals surface area contributed by atoms with E-state index in [4.69, 9.17) is 4.74 Å². The van der Waals surface area contributed by atoms with E-state index < -0.39 is 0 Å². The highest BCUT2D eigenvalue weighted by molar-refractivity contribution is 5.80. The Labute approximate surface area is 122 Å². The van der Waals surface area contributed by atoms with Crippen molar-refractivity contribution in [1.29, 1.82) is 0 Å². The van der Waals surface area contributed by atoms with Gasteiger partial charge in [-0.15, -0.1) is 0 Å². The van der Waals surface area contributed by atoms with Crippen LogP contribution >= 0.6 is 0 Å². The second kappa shape index (κ2) is 5.92. The monoisotopic (exact) mass is 279 g/mol. The Bertz CT molecular complexity index is 361. The van der Waals surface area contributed by atoms with Crippen molar-refractivity contribution in [3.05, 3.63) is 0 Å². The SMILES string of the molecule is CCN=C(NC1CCC1)NC1CC(OCC)C12CCC2. The van der Waals surface area contributed by atoms with Crippen LogP contribution in [-0.4, -0.2) is 37.3 Å². The highest BCUT2D eigenvalue weighted by atomic mass is 16.5. The van der Waals surface area contributed by atoms with E-state index >= 15 is 0 Å². The summed E-state index contributed by atoms with van der Waals surface area (Å²) in [6.45, 7) is 5.90. The molecule has 0 aliphatic heterocycles. The third-order valence-corrected chi connectivity index (χ3v) is 5.51. The van der Waals surface area contributed by atoms with Gasteiger partial charge in [0.2, 0.25) is 0 Å². The first-order valence-corrected chi connectivity index (χ1v) is 8.47. The topological polar surface area (TPSA) is 45.7 Å². The Hall–Kier alpha value is -0.770. The number of ether oxygens (including phenoxy) is 1. The van der Waals surface area contributed by atoms with E-state index in [0.29, 0.717) is 23.6 Å². The van der Waals surface area contributed by atoms with Crippen LogP contribution in [-0.2, 0) is 4.74 Å². The van der Waals surface area contributed by atoms with Gasteiger partial charge in [-0.1, -0.05) is 6.42 Å². The van der Waals surface area contributed by atoms with E-state index in [0.717, 1.165) is 25.5 Å². The number of rotatable bonds is 5. The van der Waals surface area contributed by atoms with E-state index in [1.807, 2.05) is 0 Å². The molecule has 2 unspecified atom stereocenters. The van der Waals surface area contributed by atoms with Crippen LogP contribution in [0.1, 0.15) is 58.8 Å². The summed E-state index contributed by atoms with van der Waals surface area (Å²) < 4.78 is 5.92. The van der Waals surface area contributed by atoms with Crippen LogP contribution in [0.25, 0.3) is 0 Å². The van der Waals surface area contributed by atoms with Crippen LogP contribution < -0.4 is 10.6 Å². The molecule has 3 aliphatic rings. The summed E-state index contributed by atoms with van der Waals surface area (Å²) in [7, 11) is 0. The molecule has 114 valence electrons. The van der Waals surface area contributed by atoms with E-state index in [-0.39, 0.29) is 0 Å². The molecule has 4 nitrogen and oxygen atoms in total. The summed E-state index contributed by atoms with van der Waals surface area (Å²) in [6, 6.07) is 1.21. The first-order valence-electron chi connectivity index (χ1n) is 8.47. The molecule has 20 heavy (non-hydrogen) atoms. The van der Waals surface area contributed by atoms with Crippen LogP contribution in [0.4, 0.5) is 0 Å². The fourth-order valence-corrected chi connectivity index (χ4v) is 3.84. The van der Waals surface area contributed by atoms with Gasteiger partial charge in [0.05, 0.1) is 6.10 Å². The van der Waals surface area contributed by atoms with Gasteiger partial charge in [-0.2, -0.15) is 0 Å². The summed E-state index contributed by atoms with van der Waals surface area (Å²) in [5, 5.41) is 7.28. The van der Waals surface area contributed by atoms with Gasteiger partial charge in [0.15, 0.2) is 5.96 Å². The average Bonchev–Trinajstić information content (AvgIpc) is 2.30. The fourth-order valence-electron chi connectivity index (χ4n) is 3.84. The minimum atomic E-state index is 0.409. The van der Waals surface area contributed by atoms with Gasteiger partial charge in [-0.3, -0.25) is 4.99 Å². The van der Waals surface area contributed by atoms with E-state index in [1.54, 1.807) is 0 Å². The quantitative estimate of drug-likeness (QED) is 0.600. The van der Waals surface area contributed by atoms with Crippen LogP contribution in [0.15, 0.2) is 4.99 Å². The van der Waals surface area contributed by atoms with Crippen molar-refractivity contribution >= 4 is 5.96 Å². The molecular formula is C16H29N3O. The molecule has 3 aliphatic carbocycles. The second-order valence-corrected chi connectivity index (χ2v) is 6.56. The minimum absolute atomic E-state index is 0.409. The van der Waals surface area contributed by atoms with Crippen molar-refractivity contribution in [3.63, 3.8) is 0 Å². The van der Waals surface area contributed by atoms with Gasteiger partial charge >= 0.3 is 0 Å². The normalized spacial score (nSPS) is 32.2. The molecule has 2 atom stereocenters. The molecule has 3 saturated carbocycles. The highest BCUT2D eigenvalue weighted by Gasteiger charge is 2.59. The maximum absolute atomic E-state index is 5.92. The van der Waals surface area contributed by atoms with Gasteiger partial charge in [-0.05, 0) is 52.4 Å². The third-order valence-electron chi connectivity index (χ3n) is 5.51. The third kappa shape index (κ3) is 2.43. The lowest BCUT2D eigenvalue weighted by Gasteiger charge is -2.61. The first-order chi connectivity index (χ1) is 9.78. The maximum atomic E-state index is 5.92. The zero-order valence-electron chi connectivity index (χ0n) is 13.0. The molecule has 1 spiro atoms. The predicted octanol–water partition coefficient (Wildman–Crippen LogP) is 2.44. The fraction of sp³-hybridized carbons (Fsp3) is 0.938. The number of nitrogens with zero attached hydrogens (tertiary/aromatic N) is 1. The molecule has 0 bridgehead atoms. The van der Waals surface area contributed by atoms with Gasteiger partial charge in [0.25, 0.3) is 0 Å².